The van der Waals surface area contributed by atoms with Crippen molar-refractivity contribution in [1.29, 1.82) is 0 Å². The van der Waals surface area contributed by atoms with Crippen molar-refractivity contribution in [3.63, 3.8) is 0 Å². The van der Waals surface area contributed by atoms with Crippen molar-refractivity contribution < 1.29 is 27.2 Å². The molecule has 2 N–H and O–H groups in total. The molecule has 1 heterocycles. The third-order valence-electron chi connectivity index (χ3n) is 5.27. The van der Waals surface area contributed by atoms with Gasteiger partial charge in [-0.05, 0) is 36.7 Å². The Balaban J connectivity index is 1.81. The van der Waals surface area contributed by atoms with Crippen LogP contribution in [0.5, 0.6) is 0 Å². The zero-order valence-corrected chi connectivity index (χ0v) is 16.2. The topological polar surface area (TPSA) is 61.4 Å². The van der Waals surface area contributed by atoms with Crippen LogP contribution >= 0.6 is 0 Å². The average Bonchev–Trinajstić information content (AvgIpc) is 3.15. The summed E-state index contributed by atoms with van der Waals surface area (Å²) in [6, 6.07) is 12.1. The molecule has 30 heavy (non-hydrogen) atoms. The summed E-state index contributed by atoms with van der Waals surface area (Å²) in [5.74, 6) is -2.81. The summed E-state index contributed by atoms with van der Waals surface area (Å²) in [6.45, 7) is -0.0845. The fraction of sp³-hybridized carbons (Fsp3) is 0.333. The maximum atomic E-state index is 14.0. The number of hydrogen-bond donors (Lipinski definition) is 2. The molecule has 1 aliphatic heterocycles. The molecule has 3 rings (SSSR count). The van der Waals surface area contributed by atoms with E-state index in [0.29, 0.717) is 6.54 Å². The van der Waals surface area contributed by atoms with Gasteiger partial charge in [0.15, 0.2) is 5.41 Å². The first kappa shape index (κ1) is 21.8. The second-order valence-electron chi connectivity index (χ2n) is 7.25. The fourth-order valence-corrected chi connectivity index (χ4v) is 3.57. The zero-order valence-electron chi connectivity index (χ0n) is 16.2. The highest BCUT2D eigenvalue weighted by molar-refractivity contribution is 5.99. The molecule has 1 saturated heterocycles. The lowest BCUT2D eigenvalue weighted by atomic mass is 9.85. The van der Waals surface area contributed by atoms with Crippen LogP contribution in [0.4, 0.5) is 23.2 Å². The first-order valence-corrected chi connectivity index (χ1v) is 9.32. The number of likely N-dealkylation sites (tertiary alicyclic amines) is 1. The van der Waals surface area contributed by atoms with Gasteiger partial charge in [-0.25, -0.2) is 4.39 Å². The molecule has 5 nitrogen and oxygen atoms in total. The van der Waals surface area contributed by atoms with Crippen LogP contribution in [-0.4, -0.2) is 43.0 Å². The van der Waals surface area contributed by atoms with Gasteiger partial charge < -0.3 is 10.6 Å². The van der Waals surface area contributed by atoms with E-state index in [1.165, 1.54) is 7.05 Å². The Morgan fingerprint density at radius 2 is 1.83 bits per heavy atom. The van der Waals surface area contributed by atoms with E-state index in [-0.39, 0.29) is 17.8 Å². The Hall–Kier alpha value is -2.94. The normalized spacial score (nSPS) is 19.5. The average molecular weight is 423 g/mol. The number of rotatable bonds is 5. The van der Waals surface area contributed by atoms with Gasteiger partial charge >= 0.3 is 6.18 Å². The summed E-state index contributed by atoms with van der Waals surface area (Å²) in [7, 11) is 1.30. The number of hydrogen-bond acceptors (Lipinski definition) is 3. The Morgan fingerprint density at radius 3 is 2.47 bits per heavy atom. The Kier molecular flexibility index (Phi) is 6.12. The van der Waals surface area contributed by atoms with Gasteiger partial charge in [-0.2, -0.15) is 13.2 Å². The molecule has 2 aromatic carbocycles. The van der Waals surface area contributed by atoms with E-state index in [4.69, 9.17) is 0 Å². The molecule has 0 bridgehead atoms. The molecule has 0 spiro atoms. The smallest absolute Gasteiger partial charge is 0.355 e. The highest BCUT2D eigenvalue weighted by Crippen LogP contribution is 2.46. The van der Waals surface area contributed by atoms with E-state index in [2.05, 4.69) is 10.6 Å². The molecule has 1 unspecified atom stereocenters. The standard InChI is InChI=1S/C21H21F4N3O2/c1-26-18(29)16-11-15(7-8-17(16)22)27-19(30)20(21(23,24)25)9-10-28(13-20)12-14-5-3-2-4-6-14/h2-8,11H,9-10,12-13H2,1H3,(H,26,29)(H,27,30). The van der Waals surface area contributed by atoms with Crippen LogP contribution in [0, 0.1) is 11.2 Å². The first-order chi connectivity index (χ1) is 14.2. The van der Waals surface area contributed by atoms with Crippen LogP contribution in [0.1, 0.15) is 22.3 Å². The van der Waals surface area contributed by atoms with Crippen LogP contribution in [-0.2, 0) is 11.3 Å². The minimum Gasteiger partial charge on any atom is -0.355 e. The highest BCUT2D eigenvalue weighted by atomic mass is 19.4. The summed E-state index contributed by atoms with van der Waals surface area (Å²) < 4.78 is 55.8. The number of carbonyl (C=O) groups excluding carboxylic acids is 2. The van der Waals surface area contributed by atoms with Crippen molar-refractivity contribution in [3.8, 4) is 0 Å². The minimum atomic E-state index is -4.77. The second kappa shape index (κ2) is 8.43. The Labute approximate surface area is 171 Å². The van der Waals surface area contributed by atoms with Crippen molar-refractivity contribution >= 4 is 17.5 Å². The summed E-state index contributed by atoms with van der Waals surface area (Å²) in [4.78, 5) is 26.1. The molecular formula is C21H21F4N3O2. The predicted octanol–water partition coefficient (Wildman–Crippen LogP) is 3.58. The van der Waals surface area contributed by atoms with Crippen molar-refractivity contribution in [2.75, 3.05) is 25.5 Å². The van der Waals surface area contributed by atoms with E-state index in [1.54, 1.807) is 17.0 Å². The number of amides is 2. The van der Waals surface area contributed by atoms with E-state index < -0.39 is 42.2 Å². The van der Waals surface area contributed by atoms with Crippen LogP contribution in [0.3, 0.4) is 0 Å². The van der Waals surface area contributed by atoms with Gasteiger partial charge in [-0.15, -0.1) is 0 Å². The number of halogens is 4. The number of carbonyl (C=O) groups is 2. The summed E-state index contributed by atoms with van der Waals surface area (Å²) in [5.41, 5.74) is -2.19. The fourth-order valence-electron chi connectivity index (χ4n) is 3.57. The van der Waals surface area contributed by atoms with E-state index in [1.807, 2.05) is 18.2 Å². The molecular weight excluding hydrogens is 402 g/mol. The van der Waals surface area contributed by atoms with Crippen LogP contribution in [0.25, 0.3) is 0 Å². The second-order valence-corrected chi connectivity index (χ2v) is 7.25. The maximum absolute atomic E-state index is 14.0. The Morgan fingerprint density at radius 1 is 1.13 bits per heavy atom. The highest BCUT2D eigenvalue weighted by Gasteiger charge is 2.63. The molecule has 1 fully saturated rings. The van der Waals surface area contributed by atoms with Gasteiger partial charge in [0.25, 0.3) is 5.91 Å². The molecule has 160 valence electrons. The molecule has 2 amide bonds. The number of benzene rings is 2. The van der Waals surface area contributed by atoms with Gasteiger partial charge in [0, 0.05) is 25.8 Å². The van der Waals surface area contributed by atoms with Crippen molar-refractivity contribution in [1.82, 2.24) is 10.2 Å². The summed E-state index contributed by atoms with van der Waals surface area (Å²) >= 11 is 0. The zero-order chi connectivity index (χ0) is 21.9. The Bertz CT molecular complexity index is 934. The van der Waals surface area contributed by atoms with Gasteiger partial charge in [0.1, 0.15) is 5.82 Å². The molecule has 2 aromatic rings. The van der Waals surface area contributed by atoms with E-state index in [9.17, 15) is 27.2 Å². The van der Waals surface area contributed by atoms with Gasteiger partial charge in [-0.1, -0.05) is 30.3 Å². The predicted molar refractivity (Wildman–Crippen MR) is 103 cm³/mol. The third kappa shape index (κ3) is 4.30. The van der Waals surface area contributed by atoms with Gasteiger partial charge in [0.2, 0.25) is 5.91 Å². The largest absolute Gasteiger partial charge is 0.404 e. The van der Waals surface area contributed by atoms with Crippen LogP contribution in [0.2, 0.25) is 0 Å². The lowest BCUT2D eigenvalue weighted by Gasteiger charge is -2.30. The lowest BCUT2D eigenvalue weighted by molar-refractivity contribution is -0.215. The summed E-state index contributed by atoms with van der Waals surface area (Å²) in [5, 5.41) is 4.47. The van der Waals surface area contributed by atoms with Gasteiger partial charge in [-0.3, -0.25) is 14.5 Å². The van der Waals surface area contributed by atoms with E-state index in [0.717, 1.165) is 23.8 Å². The van der Waals surface area contributed by atoms with Crippen molar-refractivity contribution in [2.24, 2.45) is 5.41 Å². The molecule has 0 aliphatic carbocycles. The molecule has 0 radical (unpaired) electrons. The number of nitrogens with zero attached hydrogens (tertiary/aromatic N) is 1. The lowest BCUT2D eigenvalue weighted by Crippen LogP contribution is -2.49. The quantitative estimate of drug-likeness (QED) is 0.723. The molecule has 1 aliphatic rings. The molecule has 0 aromatic heterocycles. The molecule has 9 heteroatoms. The SMILES string of the molecule is CNC(=O)c1cc(NC(=O)C2(C(F)(F)F)CCN(Cc3ccccc3)C2)ccc1F. The number of alkyl halides is 3. The van der Waals surface area contributed by atoms with Crippen LogP contribution in [0.15, 0.2) is 48.5 Å². The van der Waals surface area contributed by atoms with Crippen molar-refractivity contribution in [3.05, 3.63) is 65.5 Å². The molecule has 0 saturated carbocycles. The van der Waals surface area contributed by atoms with E-state index >= 15 is 0 Å². The number of anilines is 1. The third-order valence-corrected chi connectivity index (χ3v) is 5.27. The molecule has 1 atom stereocenters. The van der Waals surface area contributed by atoms with Gasteiger partial charge in [0.05, 0.1) is 5.56 Å². The minimum absolute atomic E-state index is 0.0786. The first-order valence-electron chi connectivity index (χ1n) is 9.32. The maximum Gasteiger partial charge on any atom is 0.404 e. The number of nitrogens with one attached hydrogen (secondary N) is 2. The monoisotopic (exact) mass is 423 g/mol. The summed E-state index contributed by atoms with van der Waals surface area (Å²) in [6.07, 6.45) is -5.16. The van der Waals surface area contributed by atoms with Crippen LogP contribution < -0.4 is 10.6 Å². The van der Waals surface area contributed by atoms with Crippen molar-refractivity contribution in [2.45, 2.75) is 19.1 Å².